The van der Waals surface area contributed by atoms with Crippen LogP contribution < -0.4 is 10.2 Å². The number of hydrogen-bond donors (Lipinski definition) is 2. The van der Waals surface area contributed by atoms with Crippen LogP contribution in [0, 0.1) is 17.8 Å². The van der Waals surface area contributed by atoms with Gasteiger partial charge in [-0.3, -0.25) is 0 Å². The van der Waals surface area contributed by atoms with E-state index in [1.165, 1.54) is 32.1 Å². The summed E-state index contributed by atoms with van der Waals surface area (Å²) in [5.74, 6) is 4.82. The zero-order valence-electron chi connectivity index (χ0n) is 13.8. The molecular weight excluding hydrogens is 288 g/mol. The van der Waals surface area contributed by atoms with Crippen LogP contribution in [0.5, 0.6) is 0 Å². The van der Waals surface area contributed by atoms with Crippen LogP contribution in [-0.2, 0) is 0 Å². The summed E-state index contributed by atoms with van der Waals surface area (Å²) in [5, 5.41) is 13.0. The smallest absolute Gasteiger partial charge is 0.134 e. The molecule has 1 saturated heterocycles. The zero-order valence-corrected chi connectivity index (χ0v) is 13.8. The van der Waals surface area contributed by atoms with Crippen LogP contribution in [0.4, 0.5) is 11.6 Å². The molecule has 1 aliphatic heterocycles. The van der Waals surface area contributed by atoms with Crippen LogP contribution in [-0.4, -0.2) is 40.8 Å². The number of hydrogen-bond acceptors (Lipinski definition) is 5. The molecule has 2 aliphatic carbocycles. The fourth-order valence-electron chi connectivity index (χ4n) is 5.04. The molecule has 0 amide bonds. The summed E-state index contributed by atoms with van der Waals surface area (Å²) in [7, 11) is 0. The Morgan fingerprint density at radius 2 is 2.17 bits per heavy atom. The summed E-state index contributed by atoms with van der Waals surface area (Å²) in [4.78, 5) is 11.0. The fourth-order valence-corrected chi connectivity index (χ4v) is 5.04. The van der Waals surface area contributed by atoms with Gasteiger partial charge < -0.3 is 15.3 Å². The van der Waals surface area contributed by atoms with Gasteiger partial charge in [0.15, 0.2) is 0 Å². The predicted molar refractivity (Wildman–Crippen MR) is 91.5 cm³/mol. The Labute approximate surface area is 138 Å². The highest BCUT2D eigenvalue weighted by molar-refractivity contribution is 5.49. The van der Waals surface area contributed by atoms with E-state index >= 15 is 0 Å². The summed E-state index contributed by atoms with van der Waals surface area (Å²) in [5.41, 5.74) is 0. The molecule has 1 aromatic rings. The second kappa shape index (κ2) is 6.63. The van der Waals surface area contributed by atoms with Crippen molar-refractivity contribution in [2.24, 2.45) is 17.8 Å². The molecule has 0 radical (unpaired) electrons. The molecule has 2 heterocycles. The normalized spacial score (nSPS) is 32.7. The monoisotopic (exact) mass is 316 g/mol. The number of aliphatic hydroxyl groups is 1. The van der Waals surface area contributed by atoms with Gasteiger partial charge >= 0.3 is 0 Å². The number of nitrogens with one attached hydrogen (secondary N) is 1. The number of aliphatic hydroxyl groups excluding tert-OH is 1. The van der Waals surface area contributed by atoms with Gasteiger partial charge in [-0.15, -0.1) is 0 Å². The molecule has 2 bridgehead atoms. The van der Waals surface area contributed by atoms with Crippen molar-refractivity contribution < 1.29 is 5.11 Å². The van der Waals surface area contributed by atoms with E-state index in [1.54, 1.807) is 6.33 Å². The van der Waals surface area contributed by atoms with Crippen LogP contribution in [0.3, 0.4) is 0 Å². The number of nitrogens with zero attached hydrogens (tertiary/aromatic N) is 3. The van der Waals surface area contributed by atoms with Crippen molar-refractivity contribution in [2.45, 2.75) is 51.0 Å². The van der Waals surface area contributed by atoms with Crippen molar-refractivity contribution in [1.82, 2.24) is 9.97 Å². The van der Waals surface area contributed by atoms with Crippen LogP contribution in [0.1, 0.15) is 44.9 Å². The highest BCUT2D eigenvalue weighted by atomic mass is 16.3. The average molecular weight is 316 g/mol. The molecule has 2 saturated carbocycles. The second-order valence-corrected chi connectivity index (χ2v) is 7.58. The molecule has 3 aliphatic rings. The fraction of sp³-hybridized carbons (Fsp3) is 0.778. The van der Waals surface area contributed by atoms with Crippen molar-refractivity contribution in [2.75, 3.05) is 29.9 Å². The first-order valence-corrected chi connectivity index (χ1v) is 9.27. The molecule has 5 heteroatoms. The van der Waals surface area contributed by atoms with E-state index in [1.807, 2.05) is 6.07 Å². The molecule has 0 spiro atoms. The first kappa shape index (κ1) is 15.2. The number of rotatable bonds is 6. The largest absolute Gasteiger partial charge is 0.394 e. The number of aromatic nitrogens is 2. The Kier molecular flexibility index (Phi) is 4.38. The lowest BCUT2D eigenvalue weighted by Crippen LogP contribution is -2.32. The van der Waals surface area contributed by atoms with E-state index in [0.717, 1.165) is 55.3 Å². The summed E-state index contributed by atoms with van der Waals surface area (Å²) < 4.78 is 0. The first-order valence-electron chi connectivity index (χ1n) is 9.27. The minimum absolute atomic E-state index is 0.205. The molecule has 5 nitrogen and oxygen atoms in total. The molecule has 0 aromatic carbocycles. The van der Waals surface area contributed by atoms with Crippen LogP contribution >= 0.6 is 0 Å². The minimum Gasteiger partial charge on any atom is -0.394 e. The quantitative estimate of drug-likeness (QED) is 0.845. The minimum atomic E-state index is 0.205. The molecule has 4 atom stereocenters. The van der Waals surface area contributed by atoms with Crippen LogP contribution in [0.25, 0.3) is 0 Å². The molecule has 0 unspecified atom stereocenters. The van der Waals surface area contributed by atoms with E-state index in [0.29, 0.717) is 0 Å². The Morgan fingerprint density at radius 1 is 1.22 bits per heavy atom. The van der Waals surface area contributed by atoms with E-state index in [2.05, 4.69) is 20.2 Å². The van der Waals surface area contributed by atoms with E-state index < -0.39 is 0 Å². The van der Waals surface area contributed by atoms with E-state index in [-0.39, 0.29) is 12.6 Å². The molecular formula is C18H28N4O. The van der Waals surface area contributed by atoms with Crippen molar-refractivity contribution in [3.05, 3.63) is 12.4 Å². The molecule has 4 rings (SSSR count). The molecule has 126 valence electrons. The SMILES string of the molecule is OC[C@@H]1CCCN1c1cc(NCC[C@@H]2C[C@H]3CC[C@H]2C3)ncn1. The van der Waals surface area contributed by atoms with Gasteiger partial charge in [-0.25, -0.2) is 9.97 Å². The second-order valence-electron chi connectivity index (χ2n) is 7.58. The zero-order chi connectivity index (χ0) is 15.6. The highest BCUT2D eigenvalue weighted by Gasteiger charge is 2.38. The lowest BCUT2D eigenvalue weighted by molar-refractivity contribution is 0.266. The third-order valence-electron chi connectivity index (χ3n) is 6.24. The van der Waals surface area contributed by atoms with Gasteiger partial charge in [-0.05, 0) is 56.3 Å². The molecule has 2 N–H and O–H groups in total. The third kappa shape index (κ3) is 3.16. The summed E-state index contributed by atoms with van der Waals surface area (Å²) in [6.07, 6.45) is 11.0. The number of fused-ring (bicyclic) bond motifs is 2. The van der Waals surface area contributed by atoms with E-state index in [9.17, 15) is 5.11 Å². The van der Waals surface area contributed by atoms with Gasteiger partial charge in [0.2, 0.25) is 0 Å². The Morgan fingerprint density at radius 3 is 2.96 bits per heavy atom. The van der Waals surface area contributed by atoms with Crippen molar-refractivity contribution >= 4 is 11.6 Å². The standard InChI is InChI=1S/C18H28N4O/c23-11-16-2-1-7-22(16)18-10-17(20-12-21-18)19-6-5-15-9-13-3-4-14(15)8-13/h10,12-16,23H,1-9,11H2,(H,19,20,21)/t13-,14-,15+,16-/m0/s1. The predicted octanol–water partition coefficient (Wildman–Crippen LogP) is 2.68. The third-order valence-corrected chi connectivity index (χ3v) is 6.24. The van der Waals surface area contributed by atoms with Gasteiger partial charge in [0.05, 0.1) is 12.6 Å². The molecule has 1 aromatic heterocycles. The lowest BCUT2D eigenvalue weighted by atomic mass is 9.86. The maximum absolute atomic E-state index is 9.48. The Bertz CT molecular complexity index is 538. The Balaban J connectivity index is 1.32. The van der Waals surface area contributed by atoms with Gasteiger partial charge in [0.25, 0.3) is 0 Å². The van der Waals surface area contributed by atoms with Gasteiger partial charge in [-0.1, -0.05) is 6.42 Å². The maximum atomic E-state index is 9.48. The summed E-state index contributed by atoms with van der Waals surface area (Å²) in [6, 6.07) is 2.25. The summed E-state index contributed by atoms with van der Waals surface area (Å²) >= 11 is 0. The van der Waals surface area contributed by atoms with E-state index in [4.69, 9.17) is 0 Å². The molecule has 3 fully saturated rings. The van der Waals surface area contributed by atoms with Crippen molar-refractivity contribution in [1.29, 1.82) is 0 Å². The van der Waals surface area contributed by atoms with Crippen LogP contribution in [0.15, 0.2) is 12.4 Å². The van der Waals surface area contributed by atoms with Gasteiger partial charge in [0.1, 0.15) is 18.0 Å². The van der Waals surface area contributed by atoms with Gasteiger partial charge in [0, 0.05) is 19.2 Å². The summed E-state index contributed by atoms with van der Waals surface area (Å²) in [6.45, 7) is 2.19. The van der Waals surface area contributed by atoms with Crippen molar-refractivity contribution in [3.63, 3.8) is 0 Å². The maximum Gasteiger partial charge on any atom is 0.134 e. The van der Waals surface area contributed by atoms with Crippen LogP contribution in [0.2, 0.25) is 0 Å². The number of anilines is 2. The topological polar surface area (TPSA) is 61.3 Å². The van der Waals surface area contributed by atoms with Gasteiger partial charge in [-0.2, -0.15) is 0 Å². The van der Waals surface area contributed by atoms with Crippen molar-refractivity contribution in [3.8, 4) is 0 Å². The first-order chi connectivity index (χ1) is 11.3. The average Bonchev–Trinajstić information content (AvgIpc) is 3.31. The molecule has 23 heavy (non-hydrogen) atoms. The Hall–Kier alpha value is -1.36. The lowest BCUT2D eigenvalue weighted by Gasteiger charge is -2.24. The highest BCUT2D eigenvalue weighted by Crippen LogP contribution is 2.49.